The molecule has 0 amide bonds. The van der Waals surface area contributed by atoms with E-state index in [0.717, 1.165) is 0 Å². The summed E-state index contributed by atoms with van der Waals surface area (Å²) in [5.41, 5.74) is 1.66. The first kappa shape index (κ1) is 14.0. The zero-order chi connectivity index (χ0) is 12.3. The van der Waals surface area contributed by atoms with Gasteiger partial charge < -0.3 is 5.32 Å². The average molecular weight is 331 g/mol. The Hall–Kier alpha value is -0.0900. The molecule has 1 rings (SSSR count). The van der Waals surface area contributed by atoms with Gasteiger partial charge in [0.25, 0.3) is 0 Å². The molecular formula is C14H22IN. The molecule has 0 aliphatic rings. The second-order valence-electron chi connectivity index (χ2n) is 5.53. The Morgan fingerprint density at radius 1 is 1.06 bits per heavy atom. The number of nitrogens with one attached hydrogen (secondary N) is 1. The maximum atomic E-state index is 3.65. The molecule has 0 spiro atoms. The van der Waals surface area contributed by atoms with Crippen LogP contribution in [0.5, 0.6) is 0 Å². The molecule has 2 unspecified atom stereocenters. The van der Waals surface area contributed by atoms with Gasteiger partial charge in [0.15, 0.2) is 0 Å². The molecule has 90 valence electrons. The van der Waals surface area contributed by atoms with Crippen molar-refractivity contribution in [2.24, 2.45) is 5.41 Å². The predicted octanol–water partition coefficient (Wildman–Crippen LogP) is 4.38. The maximum Gasteiger partial charge on any atom is 0.0294 e. The number of halogens is 1. The molecule has 0 aromatic heterocycles. The van der Waals surface area contributed by atoms with Crippen molar-refractivity contribution in [1.82, 2.24) is 5.32 Å². The van der Waals surface area contributed by atoms with Gasteiger partial charge in [-0.1, -0.05) is 32.9 Å². The van der Waals surface area contributed by atoms with Crippen molar-refractivity contribution in [2.75, 3.05) is 0 Å². The highest BCUT2D eigenvalue weighted by Gasteiger charge is 2.21. The topological polar surface area (TPSA) is 12.0 Å². The normalized spacial score (nSPS) is 15.9. The highest BCUT2D eigenvalue weighted by molar-refractivity contribution is 14.1. The highest BCUT2D eigenvalue weighted by atomic mass is 127. The van der Waals surface area contributed by atoms with Gasteiger partial charge in [0, 0.05) is 15.7 Å². The summed E-state index contributed by atoms with van der Waals surface area (Å²) in [4.78, 5) is 0. The van der Waals surface area contributed by atoms with Crippen LogP contribution in [0.25, 0.3) is 0 Å². The van der Waals surface area contributed by atoms with E-state index in [2.05, 4.69) is 86.8 Å². The third-order valence-electron chi connectivity index (χ3n) is 3.17. The Morgan fingerprint density at radius 2 is 1.56 bits per heavy atom. The Morgan fingerprint density at radius 3 is 2.00 bits per heavy atom. The lowest BCUT2D eigenvalue weighted by molar-refractivity contribution is 0.268. The van der Waals surface area contributed by atoms with Crippen LogP contribution in [0.1, 0.15) is 46.2 Å². The van der Waals surface area contributed by atoms with Gasteiger partial charge in [-0.2, -0.15) is 0 Å². The number of rotatable bonds is 3. The summed E-state index contributed by atoms with van der Waals surface area (Å²) in [6.45, 7) is 11.3. The molecular weight excluding hydrogens is 309 g/mol. The van der Waals surface area contributed by atoms with E-state index in [4.69, 9.17) is 0 Å². The Labute approximate surface area is 113 Å². The van der Waals surface area contributed by atoms with Crippen LogP contribution in [0.15, 0.2) is 24.3 Å². The lowest BCUT2D eigenvalue weighted by Gasteiger charge is -2.31. The molecule has 0 saturated carbocycles. The first-order valence-electron chi connectivity index (χ1n) is 5.82. The van der Waals surface area contributed by atoms with E-state index in [0.29, 0.717) is 17.5 Å². The van der Waals surface area contributed by atoms with Crippen LogP contribution in [0, 0.1) is 8.99 Å². The van der Waals surface area contributed by atoms with Gasteiger partial charge in [-0.15, -0.1) is 0 Å². The van der Waals surface area contributed by atoms with Crippen LogP contribution in [0.4, 0.5) is 0 Å². The monoisotopic (exact) mass is 331 g/mol. The SMILES string of the molecule is CC(NC(C)C(C)(C)C)c1ccc(I)cc1. The van der Waals surface area contributed by atoms with E-state index in [1.54, 1.807) is 0 Å². The second-order valence-corrected chi connectivity index (χ2v) is 6.77. The molecule has 1 aromatic carbocycles. The molecule has 0 heterocycles. The first-order chi connectivity index (χ1) is 7.30. The molecule has 1 nitrogen and oxygen atoms in total. The van der Waals surface area contributed by atoms with Crippen LogP contribution in [0.3, 0.4) is 0 Å². The number of hydrogen-bond donors (Lipinski definition) is 1. The first-order valence-corrected chi connectivity index (χ1v) is 6.90. The van der Waals surface area contributed by atoms with E-state index in [1.807, 2.05) is 0 Å². The average Bonchev–Trinajstić information content (AvgIpc) is 2.17. The Balaban J connectivity index is 2.65. The van der Waals surface area contributed by atoms with Crippen LogP contribution in [-0.2, 0) is 0 Å². The van der Waals surface area contributed by atoms with Crippen molar-refractivity contribution in [3.8, 4) is 0 Å². The summed E-state index contributed by atoms with van der Waals surface area (Å²) < 4.78 is 1.29. The zero-order valence-electron chi connectivity index (χ0n) is 10.8. The number of hydrogen-bond acceptors (Lipinski definition) is 1. The lowest BCUT2D eigenvalue weighted by Crippen LogP contribution is -2.39. The van der Waals surface area contributed by atoms with Gasteiger partial charge >= 0.3 is 0 Å². The van der Waals surface area contributed by atoms with Crippen molar-refractivity contribution in [2.45, 2.75) is 46.7 Å². The fourth-order valence-corrected chi connectivity index (χ4v) is 1.83. The Bertz CT molecular complexity index is 324. The van der Waals surface area contributed by atoms with Crippen molar-refractivity contribution >= 4 is 22.6 Å². The van der Waals surface area contributed by atoms with Crippen molar-refractivity contribution in [3.05, 3.63) is 33.4 Å². The fraction of sp³-hybridized carbons (Fsp3) is 0.571. The van der Waals surface area contributed by atoms with Crippen molar-refractivity contribution in [1.29, 1.82) is 0 Å². The van der Waals surface area contributed by atoms with E-state index in [9.17, 15) is 0 Å². The maximum absolute atomic E-state index is 3.65. The fourth-order valence-electron chi connectivity index (χ4n) is 1.47. The van der Waals surface area contributed by atoms with E-state index in [-0.39, 0.29) is 0 Å². The van der Waals surface area contributed by atoms with Crippen LogP contribution in [-0.4, -0.2) is 6.04 Å². The third kappa shape index (κ3) is 4.06. The van der Waals surface area contributed by atoms with Gasteiger partial charge in [0.2, 0.25) is 0 Å². The van der Waals surface area contributed by atoms with E-state index >= 15 is 0 Å². The zero-order valence-corrected chi connectivity index (χ0v) is 13.0. The molecule has 0 bridgehead atoms. The van der Waals surface area contributed by atoms with Crippen LogP contribution in [0.2, 0.25) is 0 Å². The molecule has 0 aliphatic heterocycles. The largest absolute Gasteiger partial charge is 0.307 e. The molecule has 0 saturated heterocycles. The van der Waals surface area contributed by atoms with Gasteiger partial charge in [-0.3, -0.25) is 0 Å². The minimum Gasteiger partial charge on any atom is -0.307 e. The molecule has 0 aliphatic carbocycles. The quantitative estimate of drug-likeness (QED) is 0.811. The van der Waals surface area contributed by atoms with Crippen LogP contribution >= 0.6 is 22.6 Å². The van der Waals surface area contributed by atoms with E-state index in [1.165, 1.54) is 9.13 Å². The molecule has 0 fully saturated rings. The summed E-state index contributed by atoms with van der Waals surface area (Å²) in [7, 11) is 0. The second kappa shape index (κ2) is 5.50. The molecule has 2 heteroatoms. The summed E-state index contributed by atoms with van der Waals surface area (Å²) in [5, 5.41) is 3.65. The molecule has 0 radical (unpaired) electrons. The predicted molar refractivity (Wildman–Crippen MR) is 79.6 cm³/mol. The summed E-state index contributed by atoms with van der Waals surface area (Å²) in [6, 6.07) is 9.64. The molecule has 1 N–H and O–H groups in total. The highest BCUT2D eigenvalue weighted by Crippen LogP contribution is 2.22. The minimum absolute atomic E-state index is 0.303. The Kier molecular flexibility index (Phi) is 4.80. The third-order valence-corrected chi connectivity index (χ3v) is 3.89. The van der Waals surface area contributed by atoms with E-state index < -0.39 is 0 Å². The van der Waals surface area contributed by atoms with Gasteiger partial charge in [-0.05, 0) is 59.5 Å². The standard InChI is InChI=1S/C14H22IN/c1-10(16-11(2)14(3,4)5)12-6-8-13(15)9-7-12/h6-11,16H,1-5H3. The lowest BCUT2D eigenvalue weighted by atomic mass is 9.87. The van der Waals surface area contributed by atoms with Gasteiger partial charge in [0.05, 0.1) is 0 Å². The van der Waals surface area contributed by atoms with Crippen molar-refractivity contribution < 1.29 is 0 Å². The molecule has 2 atom stereocenters. The summed E-state index contributed by atoms with van der Waals surface area (Å²) in [5.74, 6) is 0. The van der Waals surface area contributed by atoms with Crippen LogP contribution < -0.4 is 5.32 Å². The summed E-state index contributed by atoms with van der Waals surface area (Å²) >= 11 is 2.34. The van der Waals surface area contributed by atoms with Gasteiger partial charge in [-0.25, -0.2) is 0 Å². The molecule has 16 heavy (non-hydrogen) atoms. The molecule has 1 aromatic rings. The summed E-state index contributed by atoms with van der Waals surface area (Å²) in [6.07, 6.45) is 0. The van der Waals surface area contributed by atoms with Gasteiger partial charge in [0.1, 0.15) is 0 Å². The minimum atomic E-state index is 0.303. The smallest absolute Gasteiger partial charge is 0.0294 e. The number of benzene rings is 1. The van der Waals surface area contributed by atoms with Crippen molar-refractivity contribution in [3.63, 3.8) is 0 Å².